The number of rotatable bonds is 4. The van der Waals surface area contributed by atoms with Crippen molar-refractivity contribution in [2.75, 3.05) is 0 Å². The Hall–Kier alpha value is -1.92. The predicted octanol–water partition coefficient (Wildman–Crippen LogP) is 5.06. The molecule has 0 amide bonds. The van der Waals surface area contributed by atoms with Gasteiger partial charge in [-0.1, -0.05) is 11.6 Å². The van der Waals surface area contributed by atoms with Gasteiger partial charge >= 0.3 is 0 Å². The van der Waals surface area contributed by atoms with E-state index in [0.29, 0.717) is 0 Å². The number of halogens is 4. The first-order chi connectivity index (χ1) is 9.92. The normalized spacial score (nSPS) is 10.5. The second kappa shape index (κ2) is 6.24. The highest BCUT2D eigenvalue weighted by Crippen LogP contribution is 2.35. The van der Waals surface area contributed by atoms with E-state index in [2.05, 4.69) is 0 Å². The van der Waals surface area contributed by atoms with Crippen molar-refractivity contribution in [1.29, 1.82) is 0 Å². The second-order valence-electron chi connectivity index (χ2n) is 4.00. The van der Waals surface area contributed by atoms with Crippen molar-refractivity contribution in [1.82, 2.24) is 0 Å². The van der Waals surface area contributed by atoms with Crippen molar-refractivity contribution in [3.8, 4) is 11.5 Å². The molecule has 0 aliphatic rings. The number of hydrogen-bond donors (Lipinski definition) is 0. The monoisotopic (exact) mass is 333 g/mol. The zero-order valence-corrected chi connectivity index (χ0v) is 11.8. The molecule has 0 spiro atoms. The van der Waals surface area contributed by atoms with E-state index in [1.54, 1.807) is 0 Å². The lowest BCUT2D eigenvalue weighted by Crippen LogP contribution is -1.96. The Labute approximate surface area is 128 Å². The van der Waals surface area contributed by atoms with E-state index >= 15 is 0 Å². The number of benzene rings is 2. The fourth-order valence-electron chi connectivity index (χ4n) is 1.58. The van der Waals surface area contributed by atoms with Gasteiger partial charge in [-0.05, 0) is 23.8 Å². The summed E-state index contributed by atoms with van der Waals surface area (Å²) in [6.45, 7) is 0. The third-order valence-electron chi connectivity index (χ3n) is 2.55. The van der Waals surface area contributed by atoms with Gasteiger partial charge in [0, 0.05) is 18.0 Å². The lowest BCUT2D eigenvalue weighted by molar-refractivity contribution is -0.384. The van der Waals surface area contributed by atoms with Crippen LogP contribution in [0.15, 0.2) is 30.3 Å². The van der Waals surface area contributed by atoms with E-state index in [9.17, 15) is 18.9 Å². The molecule has 21 heavy (non-hydrogen) atoms. The van der Waals surface area contributed by atoms with Crippen molar-refractivity contribution in [3.63, 3.8) is 0 Å². The highest BCUT2D eigenvalue weighted by molar-refractivity contribution is 6.32. The highest BCUT2D eigenvalue weighted by atomic mass is 35.5. The van der Waals surface area contributed by atoms with Crippen LogP contribution in [0.4, 0.5) is 14.5 Å². The minimum Gasteiger partial charge on any atom is -0.450 e. The Morgan fingerprint density at radius 1 is 1.19 bits per heavy atom. The van der Waals surface area contributed by atoms with E-state index in [1.807, 2.05) is 0 Å². The third-order valence-corrected chi connectivity index (χ3v) is 3.15. The Morgan fingerprint density at radius 2 is 1.81 bits per heavy atom. The topological polar surface area (TPSA) is 52.4 Å². The molecule has 8 heteroatoms. The van der Waals surface area contributed by atoms with E-state index in [1.165, 1.54) is 0 Å². The SMILES string of the molecule is O=[N+]([O-])c1ccc(Oc2c(F)cc(CCl)cc2F)c(Cl)c1. The number of nitrogens with zero attached hydrogens (tertiary/aromatic N) is 1. The Balaban J connectivity index is 2.37. The molecule has 0 bridgehead atoms. The molecule has 4 nitrogen and oxygen atoms in total. The summed E-state index contributed by atoms with van der Waals surface area (Å²) in [5, 5.41) is 10.4. The number of nitro groups is 1. The summed E-state index contributed by atoms with van der Waals surface area (Å²) < 4.78 is 32.6. The number of ether oxygens (including phenoxy) is 1. The van der Waals surface area contributed by atoms with Crippen LogP contribution >= 0.6 is 23.2 Å². The Kier molecular flexibility index (Phi) is 4.59. The Morgan fingerprint density at radius 3 is 2.29 bits per heavy atom. The zero-order valence-electron chi connectivity index (χ0n) is 10.3. The molecule has 0 atom stereocenters. The van der Waals surface area contributed by atoms with Gasteiger partial charge in [0.1, 0.15) is 5.75 Å². The second-order valence-corrected chi connectivity index (χ2v) is 4.67. The van der Waals surface area contributed by atoms with E-state index in [4.69, 9.17) is 27.9 Å². The molecule has 0 aromatic heterocycles. The van der Waals surface area contributed by atoms with Crippen molar-refractivity contribution in [2.24, 2.45) is 0 Å². The largest absolute Gasteiger partial charge is 0.450 e. The molecule has 0 unspecified atom stereocenters. The summed E-state index contributed by atoms with van der Waals surface area (Å²) in [6, 6.07) is 5.37. The highest BCUT2D eigenvalue weighted by Gasteiger charge is 2.16. The molecular weight excluding hydrogens is 327 g/mol. The fourth-order valence-corrected chi connectivity index (χ4v) is 1.95. The average Bonchev–Trinajstić information content (AvgIpc) is 2.43. The van der Waals surface area contributed by atoms with Crippen LogP contribution in [-0.4, -0.2) is 4.92 Å². The molecule has 0 aliphatic carbocycles. The number of nitro benzene ring substituents is 1. The first kappa shape index (κ1) is 15.5. The summed E-state index contributed by atoms with van der Waals surface area (Å²) >= 11 is 11.3. The standard InChI is InChI=1S/C13H7Cl2F2NO3/c14-6-7-3-10(16)13(11(17)4-7)21-12-2-1-8(18(19)20)5-9(12)15/h1-5H,6H2. The summed E-state index contributed by atoms with van der Waals surface area (Å²) in [5.74, 6) is -2.69. The summed E-state index contributed by atoms with van der Waals surface area (Å²) in [6.07, 6.45) is 0. The number of alkyl halides is 1. The first-order valence-electron chi connectivity index (χ1n) is 5.58. The summed E-state index contributed by atoms with van der Waals surface area (Å²) in [7, 11) is 0. The van der Waals surface area contributed by atoms with Gasteiger partial charge < -0.3 is 4.74 Å². The maximum atomic E-state index is 13.7. The molecule has 0 saturated heterocycles. The molecule has 0 radical (unpaired) electrons. The maximum absolute atomic E-state index is 13.7. The molecule has 2 aromatic carbocycles. The zero-order chi connectivity index (χ0) is 15.6. The van der Waals surface area contributed by atoms with Gasteiger partial charge in [-0.3, -0.25) is 10.1 Å². The molecule has 2 rings (SSSR count). The third kappa shape index (κ3) is 3.40. The maximum Gasteiger partial charge on any atom is 0.271 e. The van der Waals surface area contributed by atoms with Gasteiger partial charge in [0.05, 0.1) is 9.95 Å². The van der Waals surface area contributed by atoms with Crippen LogP contribution in [0.1, 0.15) is 5.56 Å². The summed E-state index contributed by atoms with van der Waals surface area (Å²) in [4.78, 5) is 9.93. The predicted molar refractivity (Wildman–Crippen MR) is 74.1 cm³/mol. The molecule has 0 aliphatic heterocycles. The van der Waals surface area contributed by atoms with Crippen LogP contribution in [0.2, 0.25) is 5.02 Å². The van der Waals surface area contributed by atoms with Gasteiger partial charge in [-0.25, -0.2) is 8.78 Å². The van der Waals surface area contributed by atoms with Gasteiger partial charge in [0.25, 0.3) is 5.69 Å². The molecule has 110 valence electrons. The molecular formula is C13H7Cl2F2NO3. The molecule has 0 heterocycles. The van der Waals surface area contributed by atoms with Crippen molar-refractivity contribution in [3.05, 3.63) is 62.7 Å². The van der Waals surface area contributed by atoms with Crippen LogP contribution in [0, 0.1) is 21.7 Å². The van der Waals surface area contributed by atoms with E-state index in [0.717, 1.165) is 30.3 Å². The van der Waals surface area contributed by atoms with Crippen LogP contribution in [0.25, 0.3) is 0 Å². The van der Waals surface area contributed by atoms with Gasteiger partial charge in [0.15, 0.2) is 17.4 Å². The van der Waals surface area contributed by atoms with Crippen LogP contribution in [-0.2, 0) is 5.88 Å². The van der Waals surface area contributed by atoms with Crippen LogP contribution in [0.3, 0.4) is 0 Å². The lowest BCUT2D eigenvalue weighted by Gasteiger charge is -2.10. The summed E-state index contributed by atoms with van der Waals surface area (Å²) in [5.41, 5.74) is -0.000375. The number of hydrogen-bond acceptors (Lipinski definition) is 3. The molecule has 0 fully saturated rings. The molecule has 0 N–H and O–H groups in total. The Bertz CT molecular complexity index is 687. The van der Waals surface area contributed by atoms with E-state index in [-0.39, 0.29) is 27.9 Å². The first-order valence-corrected chi connectivity index (χ1v) is 6.49. The van der Waals surface area contributed by atoms with E-state index < -0.39 is 22.3 Å². The van der Waals surface area contributed by atoms with Gasteiger partial charge in [-0.2, -0.15) is 0 Å². The van der Waals surface area contributed by atoms with Gasteiger partial charge in [-0.15, -0.1) is 11.6 Å². The van der Waals surface area contributed by atoms with Crippen molar-refractivity contribution < 1.29 is 18.4 Å². The lowest BCUT2D eigenvalue weighted by atomic mass is 10.2. The smallest absolute Gasteiger partial charge is 0.271 e. The molecule has 0 saturated carbocycles. The van der Waals surface area contributed by atoms with Crippen molar-refractivity contribution >= 4 is 28.9 Å². The van der Waals surface area contributed by atoms with Crippen LogP contribution in [0.5, 0.6) is 11.5 Å². The minimum absolute atomic E-state index is 0.0492. The van der Waals surface area contributed by atoms with Crippen LogP contribution < -0.4 is 4.74 Å². The average molecular weight is 334 g/mol. The quantitative estimate of drug-likeness (QED) is 0.446. The molecule has 2 aromatic rings. The van der Waals surface area contributed by atoms with Crippen molar-refractivity contribution in [2.45, 2.75) is 5.88 Å². The van der Waals surface area contributed by atoms with Gasteiger partial charge in [0.2, 0.25) is 0 Å². The number of non-ortho nitro benzene ring substituents is 1. The fraction of sp³-hybridized carbons (Fsp3) is 0.0769. The minimum atomic E-state index is -0.944.